The largest absolute Gasteiger partial charge is 0.442 e. The number of ether oxygens (including phenoxy) is 1. The van der Waals surface area contributed by atoms with Gasteiger partial charge in [-0.2, -0.15) is 13.2 Å². The summed E-state index contributed by atoms with van der Waals surface area (Å²) in [5.41, 5.74) is -2.10. The van der Waals surface area contributed by atoms with Gasteiger partial charge in [0.2, 0.25) is 5.92 Å². The van der Waals surface area contributed by atoms with Crippen molar-refractivity contribution in [2.45, 2.75) is 88.4 Å². The number of nitrogens with one attached hydrogen (secondary N) is 1. The summed E-state index contributed by atoms with van der Waals surface area (Å²) in [5, 5.41) is 2.39. The van der Waals surface area contributed by atoms with E-state index in [9.17, 15) is 35.8 Å². The second-order valence-corrected chi connectivity index (χ2v) is 14.2. The molecule has 1 aromatic heterocycles. The molecule has 0 unspecified atom stereocenters. The van der Waals surface area contributed by atoms with Gasteiger partial charge in [0, 0.05) is 44.1 Å². The molecule has 2 aromatic rings. The van der Waals surface area contributed by atoms with Gasteiger partial charge in [-0.15, -0.1) is 4.36 Å². The summed E-state index contributed by atoms with van der Waals surface area (Å²) in [6, 6.07) is 3.89. The first-order valence-electron chi connectivity index (χ1n) is 13.9. The van der Waals surface area contributed by atoms with Crippen molar-refractivity contribution in [3.63, 3.8) is 0 Å². The minimum atomic E-state index is -4.75. The Labute approximate surface area is 247 Å². The lowest BCUT2D eigenvalue weighted by Crippen LogP contribution is -2.30. The van der Waals surface area contributed by atoms with Crippen molar-refractivity contribution in [1.82, 2.24) is 4.98 Å². The predicted molar refractivity (Wildman–Crippen MR) is 152 cm³/mol. The molecule has 4 rings (SSSR count). The third-order valence-corrected chi connectivity index (χ3v) is 8.69. The summed E-state index contributed by atoms with van der Waals surface area (Å²) in [5.74, 6) is -4.14. The van der Waals surface area contributed by atoms with Crippen molar-refractivity contribution >= 4 is 33.1 Å². The molecule has 1 saturated carbocycles. The van der Waals surface area contributed by atoms with Crippen molar-refractivity contribution in [2.24, 2.45) is 4.36 Å². The third kappa shape index (κ3) is 8.01. The highest BCUT2D eigenvalue weighted by Crippen LogP contribution is 2.50. The molecule has 2 aliphatic rings. The summed E-state index contributed by atoms with van der Waals surface area (Å²) in [4.78, 5) is 31.5. The summed E-state index contributed by atoms with van der Waals surface area (Å²) in [7, 11) is -3.43. The highest BCUT2D eigenvalue weighted by atomic mass is 32.2. The standard InChI is InChI=1S/C29H35F5N4O4S/c1-17-23(25(39)36-19-9-12-35-22(15-19)43(5,41)37-26(40)42-27(2,3)4)21(38-13-6-10-28(30,31)11-14-38)16-20(18-7-8-18)24(17)29(32,33)34/h9,12,15-16,18H,6-8,10-11,13-14H2,1-5H3,(H,35,36,39)/t43-/m1/s1. The Kier molecular flexibility index (Phi) is 8.85. The van der Waals surface area contributed by atoms with Crippen LogP contribution in [0.3, 0.4) is 0 Å². The van der Waals surface area contributed by atoms with Crippen LogP contribution in [0.25, 0.3) is 0 Å². The molecule has 1 aromatic carbocycles. The monoisotopic (exact) mass is 630 g/mol. The fraction of sp³-hybridized carbons (Fsp3) is 0.552. The Morgan fingerprint density at radius 3 is 2.42 bits per heavy atom. The van der Waals surface area contributed by atoms with Gasteiger partial charge in [0.25, 0.3) is 5.91 Å². The van der Waals surface area contributed by atoms with E-state index in [0.717, 1.165) is 6.26 Å². The Morgan fingerprint density at radius 2 is 1.81 bits per heavy atom. The van der Waals surface area contributed by atoms with Gasteiger partial charge in [-0.3, -0.25) is 4.79 Å². The maximum Gasteiger partial charge on any atom is 0.442 e. The smallest absolute Gasteiger partial charge is 0.442 e. The number of rotatable bonds is 5. The second kappa shape index (κ2) is 11.7. The molecule has 0 radical (unpaired) electrons. The summed E-state index contributed by atoms with van der Waals surface area (Å²) in [6.45, 7) is 6.07. The van der Waals surface area contributed by atoms with Crippen LogP contribution in [-0.2, 0) is 20.6 Å². The Balaban J connectivity index is 1.76. The molecule has 0 bridgehead atoms. The van der Waals surface area contributed by atoms with Gasteiger partial charge in [-0.05, 0) is 82.2 Å². The molecule has 14 heteroatoms. The number of carbonyl (C=O) groups is 2. The van der Waals surface area contributed by atoms with Crippen LogP contribution < -0.4 is 10.2 Å². The van der Waals surface area contributed by atoms with Gasteiger partial charge in [-0.1, -0.05) is 0 Å². The normalized spacial score (nSPS) is 18.8. The van der Waals surface area contributed by atoms with E-state index in [-0.39, 0.29) is 64.9 Å². The van der Waals surface area contributed by atoms with Crippen molar-refractivity contribution in [3.8, 4) is 0 Å². The van der Waals surface area contributed by atoms with Crippen molar-refractivity contribution in [2.75, 3.05) is 29.6 Å². The molecule has 0 spiro atoms. The van der Waals surface area contributed by atoms with Crippen molar-refractivity contribution < 1.29 is 40.5 Å². The van der Waals surface area contributed by atoms with Crippen LogP contribution in [0.2, 0.25) is 0 Å². The highest BCUT2D eigenvalue weighted by molar-refractivity contribution is 7.93. The topological polar surface area (TPSA) is 101 Å². The first-order valence-corrected chi connectivity index (χ1v) is 15.8. The molecule has 43 heavy (non-hydrogen) atoms. The molecule has 2 heterocycles. The SMILES string of the molecule is Cc1c(C(=O)Nc2ccnc([S@@](C)(=O)=NC(=O)OC(C)(C)C)c2)c(N2CCCC(F)(F)CC2)cc(C2CC2)c1C(F)(F)F. The zero-order chi connectivity index (χ0) is 32.0. The van der Waals surface area contributed by atoms with Crippen LogP contribution in [0.1, 0.15) is 85.8 Å². The fourth-order valence-corrected chi connectivity index (χ4v) is 6.13. The van der Waals surface area contributed by atoms with Crippen LogP contribution in [-0.4, -0.2) is 52.1 Å². The first kappa shape index (κ1) is 32.6. The lowest BCUT2D eigenvalue weighted by molar-refractivity contribution is -0.138. The molecular weight excluding hydrogens is 595 g/mol. The van der Waals surface area contributed by atoms with E-state index in [1.165, 1.54) is 31.3 Å². The number of anilines is 2. The van der Waals surface area contributed by atoms with Crippen molar-refractivity contribution in [1.29, 1.82) is 0 Å². The maximum absolute atomic E-state index is 14.4. The predicted octanol–water partition coefficient (Wildman–Crippen LogP) is 7.56. The van der Waals surface area contributed by atoms with Gasteiger partial charge >= 0.3 is 12.3 Å². The Morgan fingerprint density at radius 1 is 1.14 bits per heavy atom. The molecule has 2 amide bonds. The lowest BCUT2D eigenvalue weighted by atomic mass is 9.91. The van der Waals surface area contributed by atoms with Crippen LogP contribution in [0.15, 0.2) is 33.8 Å². The van der Waals surface area contributed by atoms with E-state index in [1.54, 1.807) is 25.7 Å². The number of halogens is 5. The summed E-state index contributed by atoms with van der Waals surface area (Å²) in [6.07, 6.45) is -3.07. The number of hydrogen-bond donors (Lipinski definition) is 1. The number of nitrogens with zero attached hydrogens (tertiary/aromatic N) is 3. The maximum atomic E-state index is 14.4. The second-order valence-electron chi connectivity index (χ2n) is 12.0. The van der Waals surface area contributed by atoms with Gasteiger partial charge in [0.15, 0.2) is 0 Å². The van der Waals surface area contributed by atoms with E-state index in [0.29, 0.717) is 12.8 Å². The molecule has 8 nitrogen and oxygen atoms in total. The number of benzene rings is 1. The first-order chi connectivity index (χ1) is 19.8. The van der Waals surface area contributed by atoms with Gasteiger partial charge in [-0.25, -0.2) is 22.8 Å². The lowest BCUT2D eigenvalue weighted by Gasteiger charge is -2.29. The molecule has 1 aliphatic heterocycles. The van der Waals surface area contributed by atoms with E-state index in [4.69, 9.17) is 4.74 Å². The number of amides is 2. The van der Waals surface area contributed by atoms with Crippen LogP contribution in [0.5, 0.6) is 0 Å². The number of carbonyl (C=O) groups excluding carboxylic acids is 2. The van der Waals surface area contributed by atoms with E-state index in [1.807, 2.05) is 0 Å². The van der Waals surface area contributed by atoms with E-state index in [2.05, 4.69) is 14.7 Å². The Hall–Kier alpha value is -3.29. The molecule has 2 fully saturated rings. The minimum Gasteiger partial charge on any atom is -0.442 e. The molecule has 236 valence electrons. The molecule has 1 aliphatic carbocycles. The van der Waals surface area contributed by atoms with Gasteiger partial charge in [0.05, 0.1) is 16.8 Å². The number of alkyl halides is 5. The molecule has 1 saturated heterocycles. The van der Waals surface area contributed by atoms with Gasteiger partial charge < -0.3 is 15.0 Å². The third-order valence-electron chi connectivity index (χ3n) is 7.20. The zero-order valence-corrected chi connectivity index (χ0v) is 25.4. The zero-order valence-electron chi connectivity index (χ0n) is 24.6. The van der Waals surface area contributed by atoms with Gasteiger partial charge in [0.1, 0.15) is 20.4 Å². The summed E-state index contributed by atoms with van der Waals surface area (Å²) < 4.78 is 93.4. The average molecular weight is 631 g/mol. The molecule has 1 atom stereocenters. The Bertz CT molecular complexity index is 1540. The average Bonchev–Trinajstić information content (AvgIpc) is 3.69. The summed E-state index contributed by atoms with van der Waals surface area (Å²) >= 11 is 0. The van der Waals surface area contributed by atoms with E-state index >= 15 is 0 Å². The number of aromatic nitrogens is 1. The fourth-order valence-electron chi connectivity index (χ4n) is 5.12. The van der Waals surface area contributed by atoms with E-state index < -0.39 is 51.4 Å². The van der Waals surface area contributed by atoms with Crippen LogP contribution in [0, 0.1) is 6.92 Å². The molecular formula is C29H35F5N4O4S. The quantitative estimate of drug-likeness (QED) is 0.343. The van der Waals surface area contributed by atoms with Crippen molar-refractivity contribution in [3.05, 3.63) is 46.6 Å². The van der Waals surface area contributed by atoms with Crippen LogP contribution in [0.4, 0.5) is 38.1 Å². The number of hydrogen-bond acceptors (Lipinski definition) is 6. The number of pyridine rings is 1. The minimum absolute atomic E-state index is 0.0385. The highest BCUT2D eigenvalue weighted by Gasteiger charge is 2.43. The molecule has 1 N–H and O–H groups in total. The van der Waals surface area contributed by atoms with Crippen LogP contribution >= 0.6 is 0 Å².